The average Bonchev–Trinajstić information content (AvgIpc) is 2.62. The molecule has 0 saturated heterocycles. The Morgan fingerprint density at radius 2 is 1.76 bits per heavy atom. The van der Waals surface area contributed by atoms with Gasteiger partial charge >= 0.3 is 6.18 Å². The smallest absolute Gasteiger partial charge is 0.343 e. The molecule has 0 aromatic heterocycles. The highest BCUT2D eigenvalue weighted by Gasteiger charge is 2.31. The first-order valence-electron chi connectivity index (χ1n) is 8.73. The highest BCUT2D eigenvalue weighted by atomic mass is 32.2. The van der Waals surface area contributed by atoms with Crippen LogP contribution < -0.4 is 0 Å². The van der Waals surface area contributed by atoms with Crippen LogP contribution in [0.15, 0.2) is 48.5 Å². The Hall–Kier alpha value is -2.39. The molecule has 0 N–H and O–H groups in total. The van der Waals surface area contributed by atoms with Crippen molar-refractivity contribution < 1.29 is 30.6 Å². The molecule has 0 saturated carbocycles. The van der Waals surface area contributed by atoms with E-state index in [4.69, 9.17) is 4.18 Å². The van der Waals surface area contributed by atoms with Gasteiger partial charge in [0.1, 0.15) is 0 Å². The van der Waals surface area contributed by atoms with E-state index in [0.29, 0.717) is 16.7 Å². The molecule has 0 heterocycles. The van der Waals surface area contributed by atoms with Gasteiger partial charge in [-0.25, -0.2) is 0 Å². The van der Waals surface area contributed by atoms with E-state index in [-0.39, 0.29) is 13.0 Å². The van der Waals surface area contributed by atoms with Crippen LogP contribution in [0.4, 0.5) is 13.2 Å². The standard InChI is InChI=1S/C20H22F3NO4S/c1-14-11-15(13-17(12-14)20(21,22)23)9-10-24(2)19(25)18(28-29(3,26)27)16-7-5-4-6-8-16/h4-8,11-13,18H,9-10H2,1-3H3. The summed E-state index contributed by atoms with van der Waals surface area (Å²) in [7, 11) is -2.47. The Morgan fingerprint density at radius 1 is 1.14 bits per heavy atom. The Kier molecular flexibility index (Phi) is 7.07. The number of benzene rings is 2. The van der Waals surface area contributed by atoms with E-state index in [2.05, 4.69) is 0 Å². The summed E-state index contributed by atoms with van der Waals surface area (Å²) in [5.41, 5.74) is 0.511. The topological polar surface area (TPSA) is 63.7 Å². The van der Waals surface area contributed by atoms with Gasteiger partial charge in [-0.15, -0.1) is 0 Å². The van der Waals surface area contributed by atoms with Crippen molar-refractivity contribution in [2.75, 3.05) is 19.8 Å². The fourth-order valence-electron chi connectivity index (χ4n) is 2.82. The molecule has 0 fully saturated rings. The van der Waals surface area contributed by atoms with Gasteiger partial charge in [0.25, 0.3) is 16.0 Å². The van der Waals surface area contributed by atoms with E-state index >= 15 is 0 Å². The van der Waals surface area contributed by atoms with E-state index in [1.807, 2.05) is 0 Å². The molecule has 2 aromatic carbocycles. The van der Waals surface area contributed by atoms with Crippen molar-refractivity contribution in [1.29, 1.82) is 0 Å². The molecule has 0 aliphatic carbocycles. The fourth-order valence-corrected chi connectivity index (χ4v) is 3.36. The quantitative estimate of drug-likeness (QED) is 0.629. The molecule has 1 unspecified atom stereocenters. The van der Waals surface area contributed by atoms with Crippen molar-refractivity contribution >= 4 is 16.0 Å². The van der Waals surface area contributed by atoms with Crippen molar-refractivity contribution in [3.05, 3.63) is 70.8 Å². The minimum Gasteiger partial charge on any atom is -0.343 e. The summed E-state index contributed by atoms with van der Waals surface area (Å²) in [6.07, 6.45) is -4.79. The number of nitrogens with zero attached hydrogens (tertiary/aromatic N) is 1. The maximum Gasteiger partial charge on any atom is 0.416 e. The molecule has 1 atom stereocenters. The van der Waals surface area contributed by atoms with E-state index in [9.17, 15) is 26.4 Å². The fraction of sp³-hybridized carbons (Fsp3) is 0.350. The monoisotopic (exact) mass is 429 g/mol. The maximum absolute atomic E-state index is 13.0. The minimum atomic E-state index is -4.45. The van der Waals surface area contributed by atoms with Crippen LogP contribution in [-0.2, 0) is 31.7 Å². The highest BCUT2D eigenvalue weighted by molar-refractivity contribution is 7.86. The third-order valence-corrected chi connectivity index (χ3v) is 4.72. The van der Waals surface area contributed by atoms with Gasteiger partial charge in [0, 0.05) is 13.6 Å². The van der Waals surface area contributed by atoms with Crippen LogP contribution in [-0.4, -0.2) is 39.1 Å². The minimum absolute atomic E-state index is 0.0933. The van der Waals surface area contributed by atoms with Gasteiger partial charge < -0.3 is 4.90 Å². The number of hydrogen-bond acceptors (Lipinski definition) is 4. The zero-order valence-corrected chi connectivity index (χ0v) is 17.0. The first kappa shape index (κ1) is 22.9. The second kappa shape index (κ2) is 8.96. The van der Waals surface area contributed by atoms with Gasteiger partial charge in [-0.05, 0) is 36.6 Å². The van der Waals surface area contributed by atoms with Crippen LogP contribution in [0, 0.1) is 6.92 Å². The van der Waals surface area contributed by atoms with E-state index in [1.165, 1.54) is 11.9 Å². The van der Waals surface area contributed by atoms with Gasteiger partial charge in [-0.1, -0.05) is 42.0 Å². The molecule has 2 rings (SSSR count). The number of hydrogen-bond donors (Lipinski definition) is 0. The molecule has 2 aromatic rings. The third-order valence-electron chi connectivity index (χ3n) is 4.17. The molecule has 0 radical (unpaired) electrons. The second-order valence-electron chi connectivity index (χ2n) is 6.81. The number of alkyl halides is 3. The molecule has 29 heavy (non-hydrogen) atoms. The number of carbonyl (C=O) groups excluding carboxylic acids is 1. The Bertz CT molecular complexity index is 959. The van der Waals surface area contributed by atoms with Gasteiger partial charge in [-0.2, -0.15) is 21.6 Å². The first-order valence-corrected chi connectivity index (χ1v) is 10.5. The maximum atomic E-state index is 13.0. The van der Waals surface area contributed by atoms with Crippen LogP contribution >= 0.6 is 0 Å². The number of aryl methyl sites for hydroxylation is 1. The van der Waals surface area contributed by atoms with Crippen LogP contribution in [0.3, 0.4) is 0 Å². The van der Waals surface area contributed by atoms with Crippen molar-refractivity contribution in [2.24, 2.45) is 0 Å². The second-order valence-corrected chi connectivity index (χ2v) is 8.41. The number of likely N-dealkylation sites (N-methyl/N-ethyl adjacent to an activating group) is 1. The van der Waals surface area contributed by atoms with Crippen molar-refractivity contribution in [3.8, 4) is 0 Å². The summed E-state index contributed by atoms with van der Waals surface area (Å²) >= 11 is 0. The first-order chi connectivity index (χ1) is 13.4. The highest BCUT2D eigenvalue weighted by Crippen LogP contribution is 2.31. The van der Waals surface area contributed by atoms with Crippen molar-refractivity contribution in [2.45, 2.75) is 25.6 Å². The lowest BCUT2D eigenvalue weighted by atomic mass is 10.0. The molecule has 5 nitrogen and oxygen atoms in total. The van der Waals surface area contributed by atoms with Gasteiger partial charge in [0.15, 0.2) is 6.10 Å². The number of carbonyl (C=O) groups is 1. The summed E-state index contributed by atoms with van der Waals surface area (Å²) in [6.45, 7) is 1.66. The predicted molar refractivity (Wildman–Crippen MR) is 103 cm³/mol. The van der Waals surface area contributed by atoms with Gasteiger partial charge in [-0.3, -0.25) is 8.98 Å². The van der Waals surface area contributed by atoms with Crippen molar-refractivity contribution in [3.63, 3.8) is 0 Å². The zero-order chi connectivity index (χ0) is 21.8. The summed E-state index contributed by atoms with van der Waals surface area (Å²) in [5.74, 6) is -0.606. The largest absolute Gasteiger partial charge is 0.416 e. The lowest BCUT2D eigenvalue weighted by Gasteiger charge is -2.23. The van der Waals surface area contributed by atoms with Crippen LogP contribution in [0.5, 0.6) is 0 Å². The SMILES string of the molecule is Cc1cc(CCN(C)C(=O)C(OS(C)(=O)=O)c2ccccc2)cc(C(F)(F)F)c1. The molecule has 9 heteroatoms. The summed E-state index contributed by atoms with van der Waals surface area (Å²) in [5, 5.41) is 0. The predicted octanol–water partition coefficient (Wildman–Crippen LogP) is 3.73. The molecule has 1 amide bonds. The lowest BCUT2D eigenvalue weighted by Crippen LogP contribution is -2.35. The van der Waals surface area contributed by atoms with E-state index in [0.717, 1.165) is 18.4 Å². The van der Waals surface area contributed by atoms with Gasteiger partial charge in [0.05, 0.1) is 11.8 Å². The lowest BCUT2D eigenvalue weighted by molar-refractivity contribution is -0.138. The summed E-state index contributed by atoms with van der Waals surface area (Å²) < 4.78 is 67.1. The molecular weight excluding hydrogens is 407 g/mol. The number of amides is 1. The van der Waals surface area contributed by atoms with Crippen molar-refractivity contribution in [1.82, 2.24) is 4.90 Å². The third kappa shape index (κ3) is 6.86. The molecule has 158 valence electrons. The Balaban J connectivity index is 2.17. The molecule has 0 aliphatic heterocycles. The van der Waals surface area contributed by atoms with Crippen LogP contribution in [0.2, 0.25) is 0 Å². The van der Waals surface area contributed by atoms with Gasteiger partial charge in [0.2, 0.25) is 0 Å². The van der Waals surface area contributed by atoms with E-state index < -0.39 is 33.9 Å². The molecular formula is C20H22F3NO4S. The Morgan fingerprint density at radius 3 is 2.31 bits per heavy atom. The molecule has 0 bridgehead atoms. The number of rotatable bonds is 7. The normalized spacial score (nSPS) is 13.2. The molecule has 0 aliphatic rings. The zero-order valence-electron chi connectivity index (χ0n) is 16.2. The van der Waals surface area contributed by atoms with E-state index in [1.54, 1.807) is 43.3 Å². The summed E-state index contributed by atoms with van der Waals surface area (Å²) in [4.78, 5) is 14.0. The Labute approximate surface area is 168 Å². The summed E-state index contributed by atoms with van der Waals surface area (Å²) in [6, 6.07) is 11.9. The van der Waals surface area contributed by atoms with Crippen LogP contribution in [0.25, 0.3) is 0 Å². The van der Waals surface area contributed by atoms with Crippen LogP contribution in [0.1, 0.15) is 28.4 Å². The molecule has 0 spiro atoms. The number of halogens is 3. The average molecular weight is 429 g/mol.